The van der Waals surface area contributed by atoms with Gasteiger partial charge in [-0.05, 0) is 37.9 Å². The van der Waals surface area contributed by atoms with E-state index in [1.54, 1.807) is 0 Å². The van der Waals surface area contributed by atoms with Gasteiger partial charge in [0.15, 0.2) is 0 Å². The molecule has 0 aromatic heterocycles. The predicted molar refractivity (Wildman–Crippen MR) is 77.5 cm³/mol. The van der Waals surface area contributed by atoms with Crippen molar-refractivity contribution in [2.45, 2.75) is 25.3 Å². The van der Waals surface area contributed by atoms with Crippen LogP contribution < -0.4 is 4.72 Å². The summed E-state index contributed by atoms with van der Waals surface area (Å²) in [5, 5.41) is 0. The van der Waals surface area contributed by atoms with E-state index in [2.05, 4.69) is 33.9 Å². The Bertz CT molecular complexity index is 487. The molecular formula is C14H22N2O2S. The van der Waals surface area contributed by atoms with Crippen molar-refractivity contribution in [3.63, 3.8) is 0 Å². The summed E-state index contributed by atoms with van der Waals surface area (Å²) in [4.78, 5) is 2.46. The minimum atomic E-state index is -3.05. The molecular weight excluding hydrogens is 260 g/mol. The maximum Gasteiger partial charge on any atom is 0.208 e. The lowest BCUT2D eigenvalue weighted by atomic mass is 10.0. The maximum absolute atomic E-state index is 11.0. The Hall–Kier alpha value is -0.910. The first-order chi connectivity index (χ1) is 9.06. The summed E-state index contributed by atoms with van der Waals surface area (Å²) < 4.78 is 24.5. The number of nitrogens with one attached hydrogen (secondary N) is 1. The van der Waals surface area contributed by atoms with Crippen molar-refractivity contribution in [1.82, 2.24) is 9.62 Å². The minimum absolute atomic E-state index is 0.499. The first kappa shape index (κ1) is 14.5. The fourth-order valence-electron chi connectivity index (χ4n) is 2.69. The van der Waals surface area contributed by atoms with Crippen molar-refractivity contribution >= 4 is 10.0 Å². The SMILES string of the molecule is CS(=O)(=O)NCCCN1CCCC1c1ccccc1. The summed E-state index contributed by atoms with van der Waals surface area (Å²) in [6, 6.07) is 11.1. The maximum atomic E-state index is 11.0. The van der Waals surface area contributed by atoms with E-state index in [9.17, 15) is 8.42 Å². The summed E-state index contributed by atoms with van der Waals surface area (Å²) in [6.07, 6.45) is 4.48. The third kappa shape index (κ3) is 4.60. The minimum Gasteiger partial charge on any atom is -0.296 e. The van der Waals surface area contributed by atoms with Crippen LogP contribution in [-0.2, 0) is 10.0 Å². The van der Waals surface area contributed by atoms with Gasteiger partial charge in [-0.3, -0.25) is 4.90 Å². The van der Waals surface area contributed by atoms with E-state index in [-0.39, 0.29) is 0 Å². The highest BCUT2D eigenvalue weighted by Gasteiger charge is 2.24. The Morgan fingerprint density at radius 1 is 1.32 bits per heavy atom. The molecule has 5 heteroatoms. The Morgan fingerprint density at radius 3 is 2.74 bits per heavy atom. The van der Waals surface area contributed by atoms with Gasteiger partial charge in [0.2, 0.25) is 10.0 Å². The van der Waals surface area contributed by atoms with E-state index in [1.165, 1.54) is 24.7 Å². The van der Waals surface area contributed by atoms with Gasteiger partial charge in [-0.2, -0.15) is 0 Å². The van der Waals surface area contributed by atoms with E-state index in [1.807, 2.05) is 6.07 Å². The molecule has 1 aromatic rings. The molecule has 1 aliphatic heterocycles. The average Bonchev–Trinajstić information content (AvgIpc) is 2.83. The fourth-order valence-corrected chi connectivity index (χ4v) is 3.20. The van der Waals surface area contributed by atoms with Gasteiger partial charge in [-0.1, -0.05) is 30.3 Å². The normalized spacial score (nSPS) is 20.8. The standard InChI is InChI=1S/C14H22N2O2S/c1-19(17,18)15-10-6-12-16-11-5-9-14(16)13-7-3-2-4-8-13/h2-4,7-8,14-15H,5-6,9-12H2,1H3. The molecule has 0 aliphatic carbocycles. The Labute approximate surface area is 115 Å². The molecule has 19 heavy (non-hydrogen) atoms. The third-order valence-electron chi connectivity index (χ3n) is 3.53. The lowest BCUT2D eigenvalue weighted by Gasteiger charge is -2.24. The van der Waals surface area contributed by atoms with Crippen LogP contribution in [-0.4, -0.2) is 39.2 Å². The molecule has 0 bridgehead atoms. The molecule has 1 atom stereocenters. The molecule has 1 aliphatic rings. The van der Waals surface area contributed by atoms with Crippen LogP contribution >= 0.6 is 0 Å². The van der Waals surface area contributed by atoms with E-state index in [0.29, 0.717) is 12.6 Å². The Morgan fingerprint density at radius 2 is 2.05 bits per heavy atom. The zero-order valence-corrected chi connectivity index (χ0v) is 12.2. The Balaban J connectivity index is 1.83. The number of benzene rings is 1. The number of likely N-dealkylation sites (tertiary alicyclic amines) is 1. The predicted octanol–water partition coefficient (Wildman–Crippen LogP) is 1.76. The van der Waals surface area contributed by atoms with E-state index in [4.69, 9.17) is 0 Å². The number of hydrogen-bond acceptors (Lipinski definition) is 3. The number of nitrogens with zero attached hydrogens (tertiary/aromatic N) is 1. The van der Waals surface area contributed by atoms with Gasteiger partial charge in [0.05, 0.1) is 6.26 Å². The van der Waals surface area contributed by atoms with Crippen LogP contribution in [0.5, 0.6) is 0 Å². The first-order valence-corrected chi connectivity index (χ1v) is 8.69. The molecule has 1 fully saturated rings. The smallest absolute Gasteiger partial charge is 0.208 e. The molecule has 0 radical (unpaired) electrons. The van der Waals surface area contributed by atoms with E-state index < -0.39 is 10.0 Å². The zero-order chi connectivity index (χ0) is 13.7. The molecule has 106 valence electrons. The molecule has 1 heterocycles. The second-order valence-electron chi connectivity index (χ2n) is 5.12. The van der Waals surface area contributed by atoms with E-state index >= 15 is 0 Å². The molecule has 4 nitrogen and oxygen atoms in total. The summed E-state index contributed by atoms with van der Waals surface area (Å²) in [5.41, 5.74) is 1.37. The molecule has 1 N–H and O–H groups in total. The Kier molecular flexibility index (Phi) is 4.96. The molecule has 1 saturated heterocycles. The van der Waals surface area contributed by atoms with Crippen LogP contribution in [0.25, 0.3) is 0 Å². The zero-order valence-electron chi connectivity index (χ0n) is 11.4. The topological polar surface area (TPSA) is 49.4 Å². The van der Waals surface area contributed by atoms with Crippen molar-refractivity contribution in [2.24, 2.45) is 0 Å². The van der Waals surface area contributed by atoms with E-state index in [0.717, 1.165) is 19.5 Å². The number of hydrogen-bond donors (Lipinski definition) is 1. The second kappa shape index (κ2) is 6.50. The fraction of sp³-hybridized carbons (Fsp3) is 0.571. The van der Waals surface area contributed by atoms with Crippen LogP contribution in [0.15, 0.2) is 30.3 Å². The van der Waals surface area contributed by atoms with Gasteiger partial charge in [-0.15, -0.1) is 0 Å². The summed E-state index contributed by atoms with van der Waals surface area (Å²) in [6.45, 7) is 2.58. The van der Waals surface area contributed by atoms with Crippen LogP contribution in [0.4, 0.5) is 0 Å². The summed E-state index contributed by atoms with van der Waals surface area (Å²) in [5.74, 6) is 0. The molecule has 1 unspecified atom stereocenters. The lowest BCUT2D eigenvalue weighted by Crippen LogP contribution is -2.29. The van der Waals surface area contributed by atoms with Crippen molar-refractivity contribution in [2.75, 3.05) is 25.9 Å². The van der Waals surface area contributed by atoms with Crippen molar-refractivity contribution < 1.29 is 8.42 Å². The van der Waals surface area contributed by atoms with Gasteiger partial charge in [0.25, 0.3) is 0 Å². The highest BCUT2D eigenvalue weighted by molar-refractivity contribution is 7.88. The lowest BCUT2D eigenvalue weighted by molar-refractivity contribution is 0.254. The highest BCUT2D eigenvalue weighted by atomic mass is 32.2. The molecule has 1 aromatic carbocycles. The largest absolute Gasteiger partial charge is 0.296 e. The van der Waals surface area contributed by atoms with Crippen LogP contribution in [0.2, 0.25) is 0 Å². The molecule has 0 saturated carbocycles. The van der Waals surface area contributed by atoms with Crippen molar-refractivity contribution in [3.05, 3.63) is 35.9 Å². The van der Waals surface area contributed by atoms with Crippen molar-refractivity contribution in [1.29, 1.82) is 0 Å². The average molecular weight is 282 g/mol. The highest BCUT2D eigenvalue weighted by Crippen LogP contribution is 2.31. The monoisotopic (exact) mass is 282 g/mol. The van der Waals surface area contributed by atoms with Gasteiger partial charge in [0, 0.05) is 12.6 Å². The third-order valence-corrected chi connectivity index (χ3v) is 4.26. The van der Waals surface area contributed by atoms with Gasteiger partial charge in [0.1, 0.15) is 0 Å². The molecule has 0 spiro atoms. The quantitative estimate of drug-likeness (QED) is 0.809. The van der Waals surface area contributed by atoms with Crippen molar-refractivity contribution in [3.8, 4) is 0 Å². The van der Waals surface area contributed by atoms with Crippen LogP contribution in [0.1, 0.15) is 30.9 Å². The second-order valence-corrected chi connectivity index (χ2v) is 6.96. The van der Waals surface area contributed by atoms with Gasteiger partial charge < -0.3 is 0 Å². The number of rotatable bonds is 6. The number of sulfonamides is 1. The first-order valence-electron chi connectivity index (χ1n) is 6.80. The summed E-state index contributed by atoms with van der Waals surface area (Å²) >= 11 is 0. The molecule has 0 amide bonds. The summed E-state index contributed by atoms with van der Waals surface area (Å²) in [7, 11) is -3.05. The molecule has 2 rings (SSSR count). The van der Waals surface area contributed by atoms with Gasteiger partial charge >= 0.3 is 0 Å². The van der Waals surface area contributed by atoms with Crippen LogP contribution in [0, 0.1) is 0 Å². The van der Waals surface area contributed by atoms with Crippen LogP contribution in [0.3, 0.4) is 0 Å². The van der Waals surface area contributed by atoms with Gasteiger partial charge in [-0.25, -0.2) is 13.1 Å².